The number of carboxylic acids is 4. The number of nitrogens with zero attached hydrogens (tertiary/aromatic N) is 8. The molecule has 2 heterocycles. The molecule has 1 atom stereocenters. The van der Waals surface area contributed by atoms with Crippen molar-refractivity contribution in [3.05, 3.63) is 0 Å². The first kappa shape index (κ1) is 58.5. The first-order chi connectivity index (χ1) is 28.6. The predicted molar refractivity (Wildman–Crippen MR) is 236 cm³/mol. The fraction of sp³-hybridized carbons (Fsp3) is 0.857. The monoisotopic (exact) mass is 891 g/mol. The molecule has 0 aromatic rings. The maximum Gasteiger partial charge on any atom is 0.320 e. The lowest BCUT2D eigenvalue weighted by atomic mass is 9.88. The van der Waals surface area contributed by atoms with Crippen LogP contribution in [0.4, 0.5) is 0 Å². The summed E-state index contributed by atoms with van der Waals surface area (Å²) in [5.74, 6) is -3.55. The third-order valence-electron chi connectivity index (χ3n) is 10.6. The molecule has 20 heteroatoms. The maximum absolute atomic E-state index is 12.1. The van der Waals surface area contributed by atoms with E-state index in [1.807, 2.05) is 24.5 Å². The average Bonchev–Trinajstić information content (AvgIpc) is 3.14. The SMILES string of the molecule is C.CC(C)(C)CN1CCN(COC=O)CCN(CC(=O)O)CCN(CC(=O)O)CC1.CCN1CCN(COC=O)CCN(C(CCC(C)(C)C)C(=O)O)CCN(CC(=O)O)CC1. The Morgan fingerprint density at radius 1 is 0.516 bits per heavy atom. The van der Waals surface area contributed by atoms with Gasteiger partial charge in [-0.2, -0.15) is 0 Å². The second-order valence-corrected chi connectivity index (χ2v) is 18.3. The molecule has 2 rings (SSSR count). The number of ether oxygens (including phenoxy) is 2. The van der Waals surface area contributed by atoms with Crippen LogP contribution in [0.5, 0.6) is 0 Å². The Morgan fingerprint density at radius 3 is 1.15 bits per heavy atom. The zero-order chi connectivity index (χ0) is 46.0. The van der Waals surface area contributed by atoms with E-state index in [4.69, 9.17) is 9.47 Å². The van der Waals surface area contributed by atoms with Crippen LogP contribution in [0.25, 0.3) is 0 Å². The van der Waals surface area contributed by atoms with E-state index < -0.39 is 29.9 Å². The summed E-state index contributed by atoms with van der Waals surface area (Å²) in [7, 11) is 0. The molecule has 20 nitrogen and oxygen atoms in total. The van der Waals surface area contributed by atoms with Gasteiger partial charge in [0.2, 0.25) is 0 Å². The Labute approximate surface area is 370 Å². The molecule has 0 aliphatic carbocycles. The summed E-state index contributed by atoms with van der Waals surface area (Å²) in [6.45, 7) is 26.9. The molecule has 2 saturated heterocycles. The number of hydrogen-bond acceptors (Lipinski definition) is 16. The first-order valence-electron chi connectivity index (χ1n) is 21.4. The minimum atomic E-state index is -0.922. The van der Waals surface area contributed by atoms with Crippen LogP contribution in [0, 0.1) is 10.8 Å². The maximum atomic E-state index is 12.1. The van der Waals surface area contributed by atoms with Gasteiger partial charge in [0.25, 0.3) is 12.9 Å². The summed E-state index contributed by atoms with van der Waals surface area (Å²) in [4.78, 5) is 83.3. The normalized spacial score (nSPS) is 19.7. The van der Waals surface area contributed by atoms with Gasteiger partial charge in [0.15, 0.2) is 0 Å². The van der Waals surface area contributed by atoms with Gasteiger partial charge in [0, 0.05) is 111 Å². The summed E-state index contributed by atoms with van der Waals surface area (Å²) >= 11 is 0. The molecule has 0 spiro atoms. The van der Waals surface area contributed by atoms with Gasteiger partial charge in [0.05, 0.1) is 19.6 Å². The molecule has 0 radical (unpaired) electrons. The van der Waals surface area contributed by atoms with Gasteiger partial charge >= 0.3 is 23.9 Å². The van der Waals surface area contributed by atoms with Gasteiger partial charge in [-0.1, -0.05) is 55.9 Å². The van der Waals surface area contributed by atoms with Crippen molar-refractivity contribution in [3.63, 3.8) is 0 Å². The third kappa shape index (κ3) is 29.0. The molecule has 0 aromatic heterocycles. The van der Waals surface area contributed by atoms with Crippen molar-refractivity contribution in [3.8, 4) is 0 Å². The number of carbonyl (C=O) groups is 6. The molecule has 0 bridgehead atoms. The standard InChI is InChI=1S/C22H42N4O6.C19H36N4O6.CH4/c1-5-23-8-10-24(16-20(28)29)12-14-26(15-13-25(11-9-23)17-32-18-27)19(21(30)31)6-7-22(2,3)4;1-19(2,3)14-22-8-6-20(12-17(25)26)4-5-21(13-18(27)28)7-10-23(11-9-22)15-29-16-24;/h18-19H,5-17H2,1-4H3,(H,28,29)(H,30,31);16H,4-15H2,1-3H3,(H,25,26)(H,27,28);1H4. The molecule has 362 valence electrons. The number of carboxylic acid groups (broad SMARTS) is 4. The highest BCUT2D eigenvalue weighted by Crippen LogP contribution is 2.24. The number of carbonyl (C=O) groups excluding carboxylic acids is 2. The van der Waals surface area contributed by atoms with Crippen molar-refractivity contribution in [2.75, 3.05) is 151 Å². The van der Waals surface area contributed by atoms with Gasteiger partial charge in [-0.3, -0.25) is 58.2 Å². The van der Waals surface area contributed by atoms with Gasteiger partial charge in [-0.05, 0) is 30.2 Å². The van der Waals surface area contributed by atoms with Gasteiger partial charge in [0.1, 0.15) is 19.5 Å². The van der Waals surface area contributed by atoms with Crippen LogP contribution in [0.3, 0.4) is 0 Å². The number of rotatable bonds is 18. The van der Waals surface area contributed by atoms with E-state index in [-0.39, 0.29) is 51.4 Å². The zero-order valence-corrected chi connectivity index (χ0v) is 38.0. The lowest BCUT2D eigenvalue weighted by Crippen LogP contribution is -2.51. The summed E-state index contributed by atoms with van der Waals surface area (Å²) in [6, 6.07) is -0.648. The fourth-order valence-electron chi connectivity index (χ4n) is 7.20. The Kier molecular flexibility index (Phi) is 29.6. The topological polar surface area (TPSA) is 228 Å². The van der Waals surface area contributed by atoms with Crippen molar-refractivity contribution in [1.82, 2.24) is 39.2 Å². The van der Waals surface area contributed by atoms with E-state index in [1.165, 1.54) is 0 Å². The van der Waals surface area contributed by atoms with Crippen LogP contribution >= 0.6 is 0 Å². The number of hydrogen-bond donors (Lipinski definition) is 4. The lowest BCUT2D eigenvalue weighted by Gasteiger charge is -2.36. The van der Waals surface area contributed by atoms with Gasteiger partial charge < -0.3 is 39.7 Å². The van der Waals surface area contributed by atoms with Crippen molar-refractivity contribution < 1.29 is 58.7 Å². The van der Waals surface area contributed by atoms with Crippen molar-refractivity contribution in [1.29, 1.82) is 0 Å². The molecular formula is C42H82N8O12. The minimum Gasteiger partial charge on any atom is -0.480 e. The van der Waals surface area contributed by atoms with Crippen molar-refractivity contribution in [2.24, 2.45) is 10.8 Å². The Bertz CT molecular complexity index is 1300. The van der Waals surface area contributed by atoms with E-state index in [9.17, 15) is 49.2 Å². The predicted octanol–water partition coefficient (Wildman–Crippen LogP) is 0.912. The zero-order valence-electron chi connectivity index (χ0n) is 38.0. The van der Waals surface area contributed by atoms with Crippen molar-refractivity contribution in [2.45, 2.75) is 74.8 Å². The number of likely N-dealkylation sites (N-methyl/N-ethyl adjacent to an activating group) is 1. The second-order valence-electron chi connectivity index (χ2n) is 18.3. The van der Waals surface area contributed by atoms with Crippen molar-refractivity contribution >= 4 is 36.8 Å². The quantitative estimate of drug-likeness (QED) is 0.140. The summed E-state index contributed by atoms with van der Waals surface area (Å²) in [5.41, 5.74) is 0.111. The van der Waals surface area contributed by atoms with Gasteiger partial charge in [-0.25, -0.2) is 0 Å². The molecular weight excluding hydrogens is 809 g/mol. The van der Waals surface area contributed by atoms with Crippen LogP contribution in [0.15, 0.2) is 0 Å². The molecule has 2 aliphatic rings. The third-order valence-corrected chi connectivity index (χ3v) is 10.6. The second kappa shape index (κ2) is 31.4. The smallest absolute Gasteiger partial charge is 0.320 e. The highest BCUT2D eigenvalue weighted by Gasteiger charge is 2.29. The Balaban J connectivity index is 0.00000119. The molecule has 0 amide bonds. The highest BCUT2D eigenvalue weighted by molar-refractivity contribution is 5.73. The first-order valence-corrected chi connectivity index (χ1v) is 21.4. The largest absolute Gasteiger partial charge is 0.480 e. The number of aliphatic carboxylic acids is 4. The molecule has 2 fully saturated rings. The van der Waals surface area contributed by atoms with Crippen LogP contribution in [0.1, 0.15) is 68.7 Å². The molecule has 0 saturated carbocycles. The average molecular weight is 891 g/mol. The Morgan fingerprint density at radius 2 is 0.839 bits per heavy atom. The van der Waals surface area contributed by atoms with E-state index in [0.29, 0.717) is 104 Å². The summed E-state index contributed by atoms with van der Waals surface area (Å²) in [6.07, 6.45) is 1.29. The van der Waals surface area contributed by atoms with Gasteiger partial charge in [-0.15, -0.1) is 0 Å². The van der Waals surface area contributed by atoms with Crippen LogP contribution < -0.4 is 0 Å². The highest BCUT2D eigenvalue weighted by atomic mass is 16.5. The minimum absolute atomic E-state index is 0. The van der Waals surface area contributed by atoms with E-state index >= 15 is 0 Å². The molecule has 62 heavy (non-hydrogen) atoms. The molecule has 1 unspecified atom stereocenters. The lowest BCUT2D eigenvalue weighted by molar-refractivity contribution is -0.145. The van der Waals surface area contributed by atoms with E-state index in [1.54, 1.807) is 4.90 Å². The Hall–Kier alpha value is -3.50. The fourth-order valence-corrected chi connectivity index (χ4v) is 7.20. The summed E-state index contributed by atoms with van der Waals surface area (Å²) < 4.78 is 9.91. The van der Waals surface area contributed by atoms with Crippen LogP contribution in [0.2, 0.25) is 0 Å². The summed E-state index contributed by atoms with van der Waals surface area (Å²) in [5, 5.41) is 37.7. The van der Waals surface area contributed by atoms with Crippen LogP contribution in [-0.2, 0) is 38.2 Å². The molecule has 2 aliphatic heterocycles. The molecule has 0 aromatic carbocycles. The molecule has 4 N–H and O–H groups in total. The van der Waals surface area contributed by atoms with E-state index in [0.717, 1.165) is 39.1 Å². The van der Waals surface area contributed by atoms with Crippen LogP contribution in [-0.4, -0.2) is 253 Å². The van der Waals surface area contributed by atoms with E-state index in [2.05, 4.69) is 58.3 Å².